The monoisotopic (exact) mass is 369 g/mol. The summed E-state index contributed by atoms with van der Waals surface area (Å²) in [6, 6.07) is 2.53. The lowest BCUT2D eigenvalue weighted by Crippen LogP contribution is -2.12. The van der Waals surface area contributed by atoms with Crippen LogP contribution in [0.3, 0.4) is 0 Å². The minimum atomic E-state index is -0.741. The average molecular weight is 369 g/mol. The first kappa shape index (κ1) is 18.0. The Morgan fingerprint density at radius 1 is 1.26 bits per heavy atom. The normalized spacial score (nSPS) is 10.6. The molecule has 0 aliphatic heterocycles. The number of aryl methyl sites for hydroxylation is 2. The van der Waals surface area contributed by atoms with Gasteiger partial charge in [0.15, 0.2) is 23.2 Å². The molecule has 0 bridgehead atoms. The van der Waals surface area contributed by atoms with Crippen LogP contribution in [0.2, 0.25) is 0 Å². The average Bonchev–Trinajstić information content (AvgIpc) is 2.98. The van der Waals surface area contributed by atoms with E-state index < -0.39 is 10.8 Å². The fourth-order valence-corrected chi connectivity index (χ4v) is 2.64. The topological polar surface area (TPSA) is 147 Å². The van der Waals surface area contributed by atoms with Gasteiger partial charge in [-0.1, -0.05) is 0 Å². The van der Waals surface area contributed by atoms with Crippen molar-refractivity contribution in [2.75, 3.05) is 7.11 Å². The molecule has 3 rings (SSSR count). The van der Waals surface area contributed by atoms with Gasteiger partial charge in [-0.2, -0.15) is 0 Å². The van der Waals surface area contributed by atoms with E-state index in [-0.39, 0.29) is 28.4 Å². The molecule has 0 aliphatic carbocycles. The van der Waals surface area contributed by atoms with E-state index in [0.29, 0.717) is 22.9 Å². The van der Waals surface area contributed by atoms with E-state index in [9.17, 15) is 14.9 Å². The van der Waals surface area contributed by atoms with Crippen molar-refractivity contribution in [2.24, 2.45) is 5.73 Å². The second-order valence-corrected chi connectivity index (χ2v) is 5.64. The molecule has 138 valence electrons. The molecule has 0 saturated heterocycles. The summed E-state index contributed by atoms with van der Waals surface area (Å²) in [6.45, 7) is 3.46. The summed E-state index contributed by atoms with van der Waals surface area (Å²) in [5, 5.41) is 11.5. The standard InChI is InChI=1S/C17H15N5O5/c1-8-15(27-9(2)21-8)17-19-6-11(7-20-17)12-4-10(16(18)23)5-13(26-3)14(12)22(24)25/h4-7H,1-3H3,(H2,18,23). The Morgan fingerprint density at radius 3 is 2.41 bits per heavy atom. The van der Waals surface area contributed by atoms with E-state index in [2.05, 4.69) is 15.0 Å². The largest absolute Gasteiger partial charge is 0.490 e. The molecule has 27 heavy (non-hydrogen) atoms. The van der Waals surface area contributed by atoms with Crippen LogP contribution in [0, 0.1) is 24.0 Å². The maximum Gasteiger partial charge on any atom is 0.318 e. The molecule has 0 atom stereocenters. The molecule has 0 spiro atoms. The number of carbonyl (C=O) groups excluding carboxylic acids is 1. The quantitative estimate of drug-likeness (QED) is 0.532. The van der Waals surface area contributed by atoms with Crippen LogP contribution in [-0.4, -0.2) is 32.9 Å². The summed E-state index contributed by atoms with van der Waals surface area (Å²) in [6.07, 6.45) is 2.79. The Kier molecular flexibility index (Phi) is 4.55. The second-order valence-electron chi connectivity index (χ2n) is 5.64. The molecule has 0 aliphatic rings. The second kappa shape index (κ2) is 6.83. The van der Waals surface area contributed by atoms with Gasteiger partial charge in [-0.15, -0.1) is 0 Å². The van der Waals surface area contributed by atoms with Crippen LogP contribution in [0.25, 0.3) is 22.7 Å². The Labute approximate surface area is 153 Å². The maximum absolute atomic E-state index is 11.6. The highest BCUT2D eigenvalue weighted by atomic mass is 16.6. The molecule has 2 heterocycles. The third-order valence-corrected chi connectivity index (χ3v) is 3.83. The number of nitrogens with zero attached hydrogens (tertiary/aromatic N) is 4. The van der Waals surface area contributed by atoms with Crippen molar-refractivity contribution in [3.05, 3.63) is 51.8 Å². The zero-order valence-electron chi connectivity index (χ0n) is 14.7. The summed E-state index contributed by atoms with van der Waals surface area (Å²) in [5.74, 6) is 0.353. The van der Waals surface area contributed by atoms with Gasteiger partial charge in [0.05, 0.1) is 23.3 Å². The molecule has 2 N–H and O–H groups in total. The highest BCUT2D eigenvalue weighted by Crippen LogP contribution is 2.38. The number of hydrogen-bond acceptors (Lipinski definition) is 8. The van der Waals surface area contributed by atoms with E-state index in [1.165, 1.54) is 31.6 Å². The number of ether oxygens (including phenoxy) is 1. The molecule has 2 aromatic heterocycles. The fraction of sp³-hybridized carbons (Fsp3) is 0.176. The van der Waals surface area contributed by atoms with Crippen molar-refractivity contribution in [1.29, 1.82) is 0 Å². The number of benzene rings is 1. The van der Waals surface area contributed by atoms with Gasteiger partial charge in [0.25, 0.3) is 0 Å². The molecule has 0 saturated carbocycles. The molecule has 10 nitrogen and oxygen atoms in total. The summed E-state index contributed by atoms with van der Waals surface area (Å²) < 4.78 is 10.5. The van der Waals surface area contributed by atoms with Gasteiger partial charge in [-0.05, 0) is 13.0 Å². The first-order valence-electron chi connectivity index (χ1n) is 7.75. The molecular formula is C17H15N5O5. The molecule has 10 heteroatoms. The molecule has 1 aromatic carbocycles. The summed E-state index contributed by atoms with van der Waals surface area (Å²) in [5.41, 5.74) is 6.13. The third kappa shape index (κ3) is 3.32. The summed E-state index contributed by atoms with van der Waals surface area (Å²) in [7, 11) is 1.27. The Bertz CT molecular complexity index is 1040. The van der Waals surface area contributed by atoms with E-state index in [0.717, 1.165) is 0 Å². The summed E-state index contributed by atoms with van der Waals surface area (Å²) in [4.78, 5) is 35.1. The van der Waals surface area contributed by atoms with Crippen LogP contribution >= 0.6 is 0 Å². The van der Waals surface area contributed by atoms with Gasteiger partial charge in [0, 0.05) is 36.5 Å². The number of nitro benzene ring substituents is 1. The zero-order chi connectivity index (χ0) is 19.7. The number of nitrogens with two attached hydrogens (primary N) is 1. The molecule has 3 aromatic rings. The highest BCUT2D eigenvalue weighted by Gasteiger charge is 2.25. The van der Waals surface area contributed by atoms with Crippen molar-refractivity contribution in [2.45, 2.75) is 13.8 Å². The van der Waals surface area contributed by atoms with Gasteiger partial charge in [-0.3, -0.25) is 14.9 Å². The van der Waals surface area contributed by atoms with E-state index in [1.54, 1.807) is 13.8 Å². The van der Waals surface area contributed by atoms with Crippen LogP contribution in [0.15, 0.2) is 28.9 Å². The maximum atomic E-state index is 11.6. The van der Waals surface area contributed by atoms with Crippen LogP contribution in [0.4, 0.5) is 5.69 Å². The summed E-state index contributed by atoms with van der Waals surface area (Å²) >= 11 is 0. The minimum Gasteiger partial charge on any atom is -0.490 e. The van der Waals surface area contributed by atoms with Crippen molar-refractivity contribution >= 4 is 11.6 Å². The van der Waals surface area contributed by atoms with Gasteiger partial charge >= 0.3 is 5.69 Å². The lowest BCUT2D eigenvalue weighted by atomic mass is 10.0. The molecule has 0 fully saturated rings. The molecule has 1 amide bonds. The van der Waals surface area contributed by atoms with E-state index in [1.807, 2.05) is 0 Å². The lowest BCUT2D eigenvalue weighted by Gasteiger charge is -2.09. The van der Waals surface area contributed by atoms with Crippen molar-refractivity contribution < 1.29 is 18.9 Å². The Hall–Kier alpha value is -3.82. The Balaban J connectivity index is 2.15. The van der Waals surface area contributed by atoms with E-state index in [4.69, 9.17) is 14.9 Å². The molecule has 0 unspecified atom stereocenters. The number of methoxy groups -OCH3 is 1. The number of amides is 1. The number of primary amides is 1. The van der Waals surface area contributed by atoms with Gasteiger partial charge in [0.1, 0.15) is 0 Å². The molecule has 0 radical (unpaired) electrons. The Morgan fingerprint density at radius 2 is 1.93 bits per heavy atom. The van der Waals surface area contributed by atoms with Crippen molar-refractivity contribution in [3.8, 4) is 28.5 Å². The van der Waals surface area contributed by atoms with Crippen LogP contribution in [0.1, 0.15) is 21.9 Å². The highest BCUT2D eigenvalue weighted by molar-refractivity contribution is 5.96. The minimum absolute atomic E-state index is 0.0678. The van der Waals surface area contributed by atoms with Gasteiger partial charge in [0.2, 0.25) is 5.91 Å². The number of rotatable bonds is 5. The number of oxazole rings is 1. The number of aromatic nitrogens is 3. The smallest absolute Gasteiger partial charge is 0.318 e. The van der Waals surface area contributed by atoms with Crippen LogP contribution in [-0.2, 0) is 0 Å². The van der Waals surface area contributed by atoms with Crippen molar-refractivity contribution in [1.82, 2.24) is 15.0 Å². The predicted octanol–water partition coefficient (Wildman–Crippen LogP) is 2.43. The first-order chi connectivity index (χ1) is 12.8. The number of nitro groups is 1. The SMILES string of the molecule is COc1cc(C(N)=O)cc(-c2cnc(-c3oc(C)nc3C)nc2)c1[N+](=O)[O-]. The van der Waals surface area contributed by atoms with Gasteiger partial charge < -0.3 is 14.9 Å². The number of hydrogen-bond donors (Lipinski definition) is 1. The van der Waals surface area contributed by atoms with Gasteiger partial charge in [-0.25, -0.2) is 15.0 Å². The zero-order valence-corrected chi connectivity index (χ0v) is 14.7. The van der Waals surface area contributed by atoms with Crippen LogP contribution < -0.4 is 10.5 Å². The fourth-order valence-electron chi connectivity index (χ4n) is 2.64. The predicted molar refractivity (Wildman–Crippen MR) is 94.2 cm³/mol. The van der Waals surface area contributed by atoms with Crippen LogP contribution in [0.5, 0.6) is 5.75 Å². The molecular weight excluding hydrogens is 354 g/mol. The first-order valence-corrected chi connectivity index (χ1v) is 7.75. The van der Waals surface area contributed by atoms with Crippen molar-refractivity contribution in [3.63, 3.8) is 0 Å². The number of carbonyl (C=O) groups is 1. The lowest BCUT2D eigenvalue weighted by molar-refractivity contribution is -0.385. The van der Waals surface area contributed by atoms with E-state index >= 15 is 0 Å². The third-order valence-electron chi connectivity index (χ3n) is 3.83.